The number of halogens is 1. The lowest BCUT2D eigenvalue weighted by molar-refractivity contribution is 0.0688. The number of hydrogen-bond acceptors (Lipinski definition) is 7. The highest BCUT2D eigenvalue weighted by Gasteiger charge is 2.33. The number of rotatable bonds is 3. The Kier molecular flexibility index (Phi) is 5.64. The monoisotopic (exact) mass is 430 g/mol. The number of amides is 1. The Balaban J connectivity index is 1.56. The number of ether oxygens (including phenoxy) is 2. The van der Waals surface area contributed by atoms with Gasteiger partial charge in [0.05, 0.1) is 48.3 Å². The summed E-state index contributed by atoms with van der Waals surface area (Å²) >= 11 is 6.19. The summed E-state index contributed by atoms with van der Waals surface area (Å²) in [6.45, 7) is 4.57. The first kappa shape index (κ1) is 20.6. The van der Waals surface area contributed by atoms with Gasteiger partial charge in [0.25, 0.3) is 5.91 Å². The molecule has 1 aromatic carbocycles. The van der Waals surface area contributed by atoms with Crippen molar-refractivity contribution in [2.24, 2.45) is 4.99 Å². The number of aliphatic hydroxyl groups excluding tert-OH is 1. The number of benzene rings is 1. The standard InChI is InChI=1S/C21H23ClN4O4/c1-11-19(22)12(2)25-20(24-11)14-7-26(8-15(14)23)21(28)13-5-3-4-6-17(13)30-18-10-29-9-16(18)27/h3-6,16,18,23-24,27H,7-10H2,1-2H3/b20-14+,23-15?/t16-,18-/m0/s1. The van der Waals surface area contributed by atoms with Crippen molar-refractivity contribution >= 4 is 28.9 Å². The molecule has 0 radical (unpaired) electrons. The highest BCUT2D eigenvalue weighted by atomic mass is 35.5. The van der Waals surface area contributed by atoms with Crippen molar-refractivity contribution in [3.63, 3.8) is 0 Å². The van der Waals surface area contributed by atoms with Gasteiger partial charge in [0.2, 0.25) is 0 Å². The first-order valence-corrected chi connectivity index (χ1v) is 10.0. The van der Waals surface area contributed by atoms with Gasteiger partial charge in [0.15, 0.2) is 0 Å². The second-order valence-electron chi connectivity index (χ2n) is 7.49. The van der Waals surface area contributed by atoms with Crippen LogP contribution in [0.3, 0.4) is 0 Å². The average molecular weight is 431 g/mol. The lowest BCUT2D eigenvalue weighted by Crippen LogP contribution is -2.32. The van der Waals surface area contributed by atoms with E-state index < -0.39 is 12.2 Å². The van der Waals surface area contributed by atoms with Crippen LogP contribution in [0.5, 0.6) is 5.75 Å². The van der Waals surface area contributed by atoms with Crippen LogP contribution in [0.2, 0.25) is 0 Å². The lowest BCUT2D eigenvalue weighted by atomic mass is 10.1. The van der Waals surface area contributed by atoms with E-state index in [9.17, 15) is 9.90 Å². The molecule has 3 aliphatic rings. The van der Waals surface area contributed by atoms with Gasteiger partial charge in [-0.05, 0) is 26.0 Å². The van der Waals surface area contributed by atoms with E-state index in [4.69, 9.17) is 26.5 Å². The number of nitrogens with one attached hydrogen (secondary N) is 2. The van der Waals surface area contributed by atoms with Gasteiger partial charge in [0, 0.05) is 11.3 Å². The summed E-state index contributed by atoms with van der Waals surface area (Å²) in [5, 5.41) is 22.0. The van der Waals surface area contributed by atoms with Crippen molar-refractivity contribution in [1.82, 2.24) is 10.2 Å². The van der Waals surface area contributed by atoms with E-state index in [2.05, 4.69) is 10.3 Å². The molecular weight excluding hydrogens is 408 g/mol. The van der Waals surface area contributed by atoms with Crippen LogP contribution in [-0.2, 0) is 4.74 Å². The zero-order valence-electron chi connectivity index (χ0n) is 16.7. The molecule has 3 N–H and O–H groups in total. The number of aliphatic hydroxyl groups is 1. The van der Waals surface area contributed by atoms with Crippen molar-refractivity contribution in [3.05, 3.63) is 52.0 Å². The summed E-state index contributed by atoms with van der Waals surface area (Å²) in [6.07, 6.45) is -1.25. The van der Waals surface area contributed by atoms with Gasteiger partial charge in [-0.25, -0.2) is 4.99 Å². The van der Waals surface area contributed by atoms with E-state index in [1.807, 2.05) is 13.8 Å². The SMILES string of the molecule is CC1=N/C(=C2\CN(C(=O)c3ccccc3O[C@H]3COC[C@@H]3O)CC2=N)NC(C)=C1Cl. The van der Waals surface area contributed by atoms with E-state index >= 15 is 0 Å². The number of allylic oxidation sites excluding steroid dienone is 2. The maximum Gasteiger partial charge on any atom is 0.258 e. The van der Waals surface area contributed by atoms with Gasteiger partial charge in [-0.3, -0.25) is 4.79 Å². The molecule has 2 fully saturated rings. The molecule has 0 saturated carbocycles. The molecule has 0 aromatic heterocycles. The van der Waals surface area contributed by atoms with E-state index in [0.717, 1.165) is 5.70 Å². The minimum atomic E-state index is -0.731. The maximum absolute atomic E-state index is 13.2. The first-order chi connectivity index (χ1) is 14.3. The van der Waals surface area contributed by atoms with Crippen molar-refractivity contribution in [2.45, 2.75) is 26.1 Å². The summed E-state index contributed by atoms with van der Waals surface area (Å²) in [7, 11) is 0. The number of hydrogen-bond donors (Lipinski definition) is 3. The Labute approximate surface area is 179 Å². The molecule has 30 heavy (non-hydrogen) atoms. The summed E-state index contributed by atoms with van der Waals surface area (Å²) in [4.78, 5) is 19.3. The molecular formula is C21H23ClN4O4. The number of para-hydroxylation sites is 1. The van der Waals surface area contributed by atoms with Gasteiger partial charge < -0.3 is 30.2 Å². The molecule has 0 unspecified atom stereocenters. The zero-order chi connectivity index (χ0) is 21.4. The minimum absolute atomic E-state index is 0.175. The van der Waals surface area contributed by atoms with Crippen LogP contribution in [0.1, 0.15) is 24.2 Å². The fourth-order valence-electron chi connectivity index (χ4n) is 3.60. The number of aliphatic imine (C=N–C) groups is 1. The zero-order valence-corrected chi connectivity index (χ0v) is 17.5. The Morgan fingerprint density at radius 1 is 1.33 bits per heavy atom. The first-order valence-electron chi connectivity index (χ1n) is 9.66. The molecule has 3 aliphatic heterocycles. The van der Waals surface area contributed by atoms with E-state index in [1.165, 1.54) is 0 Å². The molecule has 158 valence electrons. The minimum Gasteiger partial charge on any atom is -0.484 e. The molecule has 4 rings (SSSR count). The van der Waals surface area contributed by atoms with Gasteiger partial charge >= 0.3 is 0 Å². The van der Waals surface area contributed by atoms with E-state index in [0.29, 0.717) is 39.2 Å². The number of nitrogens with zero attached hydrogens (tertiary/aromatic N) is 2. The second kappa shape index (κ2) is 8.22. The quantitative estimate of drug-likeness (QED) is 0.680. The maximum atomic E-state index is 13.2. The Bertz CT molecular complexity index is 1000. The number of carbonyl (C=O) groups is 1. The molecule has 0 aliphatic carbocycles. The van der Waals surface area contributed by atoms with Gasteiger partial charge in [-0.1, -0.05) is 23.7 Å². The summed E-state index contributed by atoms with van der Waals surface area (Å²) < 4.78 is 11.1. The average Bonchev–Trinajstić information content (AvgIpc) is 3.31. The fourth-order valence-corrected chi connectivity index (χ4v) is 3.69. The molecule has 2 saturated heterocycles. The van der Waals surface area contributed by atoms with Gasteiger partial charge in [-0.2, -0.15) is 0 Å². The Morgan fingerprint density at radius 3 is 2.80 bits per heavy atom. The molecule has 2 atom stereocenters. The molecule has 3 heterocycles. The van der Waals surface area contributed by atoms with Crippen molar-refractivity contribution in [1.29, 1.82) is 5.41 Å². The summed E-state index contributed by atoms with van der Waals surface area (Å²) in [6, 6.07) is 6.92. The van der Waals surface area contributed by atoms with Crippen LogP contribution in [-0.4, -0.2) is 65.8 Å². The predicted octanol–water partition coefficient (Wildman–Crippen LogP) is 2.05. The lowest BCUT2D eigenvalue weighted by Gasteiger charge is -2.21. The third-order valence-electron chi connectivity index (χ3n) is 5.26. The largest absolute Gasteiger partial charge is 0.484 e. The highest BCUT2D eigenvalue weighted by molar-refractivity contribution is 6.43. The van der Waals surface area contributed by atoms with Crippen LogP contribution >= 0.6 is 11.6 Å². The van der Waals surface area contributed by atoms with Crippen LogP contribution in [0.25, 0.3) is 0 Å². The third kappa shape index (κ3) is 3.86. The number of likely N-dealkylation sites (tertiary alicyclic amines) is 1. The van der Waals surface area contributed by atoms with Crippen LogP contribution in [0, 0.1) is 5.41 Å². The Hall–Kier alpha value is -2.68. The summed E-state index contributed by atoms with van der Waals surface area (Å²) in [5.41, 5.74) is 2.80. The highest BCUT2D eigenvalue weighted by Crippen LogP contribution is 2.27. The topological polar surface area (TPSA) is 107 Å². The molecule has 8 nitrogen and oxygen atoms in total. The summed E-state index contributed by atoms with van der Waals surface area (Å²) in [5.74, 6) is 0.687. The second-order valence-corrected chi connectivity index (χ2v) is 7.86. The molecule has 9 heteroatoms. The van der Waals surface area contributed by atoms with E-state index in [1.54, 1.807) is 29.2 Å². The van der Waals surface area contributed by atoms with Gasteiger partial charge in [-0.15, -0.1) is 0 Å². The normalized spacial score (nSPS) is 26.7. The Morgan fingerprint density at radius 2 is 2.10 bits per heavy atom. The predicted molar refractivity (Wildman–Crippen MR) is 113 cm³/mol. The van der Waals surface area contributed by atoms with Gasteiger partial charge in [0.1, 0.15) is 23.8 Å². The van der Waals surface area contributed by atoms with Crippen molar-refractivity contribution in [2.75, 3.05) is 26.3 Å². The van der Waals surface area contributed by atoms with Crippen molar-refractivity contribution < 1.29 is 19.4 Å². The molecule has 0 bridgehead atoms. The molecule has 1 amide bonds. The molecule has 1 aromatic rings. The number of carbonyl (C=O) groups excluding carboxylic acids is 1. The van der Waals surface area contributed by atoms with Crippen LogP contribution in [0.15, 0.2) is 51.4 Å². The fraction of sp³-hybridized carbons (Fsp3) is 0.381. The molecule has 0 spiro atoms. The van der Waals surface area contributed by atoms with E-state index in [-0.39, 0.29) is 32.2 Å². The van der Waals surface area contributed by atoms with Crippen LogP contribution < -0.4 is 10.1 Å². The third-order valence-corrected chi connectivity index (χ3v) is 5.82. The smallest absolute Gasteiger partial charge is 0.258 e. The van der Waals surface area contributed by atoms with Crippen molar-refractivity contribution in [3.8, 4) is 5.75 Å². The van der Waals surface area contributed by atoms with Crippen LogP contribution in [0.4, 0.5) is 0 Å².